The van der Waals surface area contributed by atoms with Gasteiger partial charge in [-0.05, 0) is 17.4 Å². The van der Waals surface area contributed by atoms with Crippen molar-refractivity contribution in [2.75, 3.05) is 5.75 Å². The Bertz CT molecular complexity index is 823. The third-order valence-corrected chi connectivity index (χ3v) is 6.43. The smallest absolute Gasteiger partial charge is 0.326 e. The normalized spacial score (nSPS) is 16.3. The fourth-order valence-corrected chi connectivity index (χ4v) is 3.50. The van der Waals surface area contributed by atoms with E-state index in [-0.39, 0.29) is 24.0 Å². The van der Waals surface area contributed by atoms with Crippen molar-refractivity contribution >= 4 is 36.3 Å². The predicted molar refractivity (Wildman–Crippen MR) is 134 cm³/mol. The quantitative estimate of drug-likeness (QED) is 0.213. The maximum atomic E-state index is 13.1. The van der Waals surface area contributed by atoms with E-state index in [2.05, 4.69) is 28.6 Å². The summed E-state index contributed by atoms with van der Waals surface area (Å²) in [7, 11) is 0. The molecule has 0 aromatic heterocycles. The lowest BCUT2D eigenvalue weighted by Crippen LogP contribution is -2.59. The number of thiol groups is 1. The monoisotopic (exact) mass is 494 g/mol. The van der Waals surface area contributed by atoms with E-state index < -0.39 is 47.9 Å². The molecule has 0 heterocycles. The fourth-order valence-electron chi connectivity index (χ4n) is 3.24. The molecule has 190 valence electrons. The first-order valence-corrected chi connectivity index (χ1v) is 12.2. The lowest BCUT2D eigenvalue weighted by atomic mass is 9.98. The van der Waals surface area contributed by atoms with Gasteiger partial charge in [0.15, 0.2) is 0 Å². The summed E-state index contributed by atoms with van der Waals surface area (Å²) in [6.45, 7) is 7.32. The van der Waals surface area contributed by atoms with Crippen LogP contribution in [0.3, 0.4) is 0 Å². The van der Waals surface area contributed by atoms with Gasteiger partial charge < -0.3 is 26.8 Å². The van der Waals surface area contributed by atoms with E-state index in [1.165, 1.54) is 0 Å². The molecule has 0 aliphatic heterocycles. The van der Waals surface area contributed by atoms with Gasteiger partial charge in [0.25, 0.3) is 0 Å². The van der Waals surface area contributed by atoms with Gasteiger partial charge >= 0.3 is 5.97 Å². The molecular weight excluding hydrogens is 456 g/mol. The van der Waals surface area contributed by atoms with Crippen molar-refractivity contribution in [2.24, 2.45) is 17.6 Å². The molecule has 1 aromatic carbocycles. The van der Waals surface area contributed by atoms with E-state index >= 15 is 0 Å². The van der Waals surface area contributed by atoms with Crippen molar-refractivity contribution in [3.8, 4) is 0 Å². The molecule has 0 spiro atoms. The van der Waals surface area contributed by atoms with Gasteiger partial charge in [-0.1, -0.05) is 70.9 Å². The average Bonchev–Trinajstić information content (AvgIpc) is 2.83. The number of carboxylic acids is 1. The summed E-state index contributed by atoms with van der Waals surface area (Å²) in [5.41, 5.74) is 6.74. The Labute approximate surface area is 207 Å². The molecule has 9 nitrogen and oxygen atoms in total. The number of hydrogen-bond acceptors (Lipinski definition) is 6. The zero-order valence-electron chi connectivity index (χ0n) is 20.3. The van der Waals surface area contributed by atoms with E-state index in [0.29, 0.717) is 12.8 Å². The van der Waals surface area contributed by atoms with Crippen LogP contribution in [-0.4, -0.2) is 58.7 Å². The van der Waals surface area contributed by atoms with Gasteiger partial charge in [-0.2, -0.15) is 12.6 Å². The molecule has 1 aromatic rings. The highest BCUT2D eigenvalue weighted by Crippen LogP contribution is 2.10. The molecule has 0 radical (unpaired) electrons. The van der Waals surface area contributed by atoms with Crippen LogP contribution in [-0.2, 0) is 25.6 Å². The maximum Gasteiger partial charge on any atom is 0.326 e. The van der Waals surface area contributed by atoms with Crippen LogP contribution in [0, 0.1) is 11.8 Å². The number of nitrogens with one attached hydrogen (secondary N) is 3. The molecule has 0 fully saturated rings. The summed E-state index contributed by atoms with van der Waals surface area (Å²) in [5.74, 6) is -3.23. The number of rotatable bonds is 14. The lowest BCUT2D eigenvalue weighted by Gasteiger charge is -2.26. The Morgan fingerprint density at radius 3 is 1.91 bits per heavy atom. The summed E-state index contributed by atoms with van der Waals surface area (Å²) < 4.78 is 0. The second kappa shape index (κ2) is 14.6. The molecule has 0 bridgehead atoms. The molecule has 10 heteroatoms. The number of carbonyl (C=O) groups is 4. The van der Waals surface area contributed by atoms with Crippen molar-refractivity contribution in [3.05, 3.63) is 35.9 Å². The highest BCUT2D eigenvalue weighted by Gasteiger charge is 2.32. The number of benzene rings is 1. The van der Waals surface area contributed by atoms with Crippen molar-refractivity contribution in [1.82, 2.24) is 16.0 Å². The molecule has 6 N–H and O–H groups in total. The summed E-state index contributed by atoms with van der Waals surface area (Å²) >= 11 is 4.17. The van der Waals surface area contributed by atoms with Crippen molar-refractivity contribution < 1.29 is 24.3 Å². The van der Waals surface area contributed by atoms with Gasteiger partial charge in [0.05, 0.1) is 6.04 Å². The Balaban J connectivity index is 3.05. The SMILES string of the molecule is CCC(C)C(N)C(=O)NC(CS)C(=O)NC(Cc1ccccc1)C(=O)NC(C(=O)O)C(C)CC. The van der Waals surface area contributed by atoms with Crippen LogP contribution in [0.15, 0.2) is 30.3 Å². The zero-order valence-corrected chi connectivity index (χ0v) is 21.2. The van der Waals surface area contributed by atoms with Gasteiger partial charge in [0.2, 0.25) is 17.7 Å². The molecule has 0 aliphatic carbocycles. The van der Waals surface area contributed by atoms with Crippen molar-refractivity contribution in [2.45, 2.75) is 71.1 Å². The second-order valence-electron chi connectivity index (χ2n) is 8.62. The summed E-state index contributed by atoms with van der Waals surface area (Å²) in [4.78, 5) is 50.2. The van der Waals surface area contributed by atoms with Crippen molar-refractivity contribution in [3.63, 3.8) is 0 Å². The number of nitrogens with two attached hydrogens (primary N) is 1. The standard InChI is InChI=1S/C24H38N4O5S/c1-5-14(3)19(25)23(31)27-18(13-34)22(30)26-17(12-16-10-8-7-9-11-16)21(29)28-20(24(32)33)15(4)6-2/h7-11,14-15,17-20,34H,5-6,12-13,25H2,1-4H3,(H,26,30)(H,27,31)(H,28,29)(H,32,33). The molecule has 3 amide bonds. The topological polar surface area (TPSA) is 151 Å². The Morgan fingerprint density at radius 1 is 0.882 bits per heavy atom. The van der Waals surface area contributed by atoms with Gasteiger partial charge in [0, 0.05) is 12.2 Å². The van der Waals surface area contributed by atoms with Crippen LogP contribution in [0.5, 0.6) is 0 Å². The molecule has 34 heavy (non-hydrogen) atoms. The van der Waals surface area contributed by atoms with Crippen LogP contribution in [0.4, 0.5) is 0 Å². The maximum absolute atomic E-state index is 13.1. The first-order valence-electron chi connectivity index (χ1n) is 11.6. The molecule has 0 saturated carbocycles. The van der Waals surface area contributed by atoms with E-state index in [4.69, 9.17) is 5.73 Å². The number of amides is 3. The van der Waals surface area contributed by atoms with Crippen LogP contribution >= 0.6 is 12.6 Å². The van der Waals surface area contributed by atoms with Crippen LogP contribution in [0.1, 0.15) is 46.1 Å². The second-order valence-corrected chi connectivity index (χ2v) is 8.98. The summed E-state index contributed by atoms with van der Waals surface area (Å²) in [5, 5.41) is 17.4. The number of aliphatic carboxylic acids is 1. The van der Waals surface area contributed by atoms with Gasteiger partial charge in [0.1, 0.15) is 18.1 Å². The molecule has 1 rings (SSSR count). The average molecular weight is 495 g/mol. The molecular formula is C24H38N4O5S. The minimum atomic E-state index is -1.15. The van der Waals surface area contributed by atoms with E-state index in [1.54, 1.807) is 31.2 Å². The first kappa shape index (κ1) is 29.4. The molecule has 0 aliphatic rings. The van der Waals surface area contributed by atoms with Crippen molar-refractivity contribution in [1.29, 1.82) is 0 Å². The third-order valence-electron chi connectivity index (χ3n) is 6.07. The van der Waals surface area contributed by atoms with Crippen LogP contribution in [0.2, 0.25) is 0 Å². The predicted octanol–water partition coefficient (Wildman–Crippen LogP) is 1.12. The fraction of sp³-hybridized carbons (Fsp3) is 0.583. The van der Waals surface area contributed by atoms with E-state index in [1.807, 2.05) is 26.8 Å². The largest absolute Gasteiger partial charge is 0.480 e. The highest BCUT2D eigenvalue weighted by molar-refractivity contribution is 7.80. The van der Waals surface area contributed by atoms with Gasteiger partial charge in [-0.3, -0.25) is 14.4 Å². The first-order chi connectivity index (χ1) is 16.0. The van der Waals surface area contributed by atoms with Crippen LogP contribution in [0.25, 0.3) is 0 Å². The van der Waals surface area contributed by atoms with E-state index in [9.17, 15) is 24.3 Å². The summed E-state index contributed by atoms with van der Waals surface area (Å²) in [6, 6.07) is 5.10. The van der Waals surface area contributed by atoms with Gasteiger partial charge in [-0.15, -0.1) is 0 Å². The summed E-state index contributed by atoms with van der Waals surface area (Å²) in [6.07, 6.45) is 1.40. The number of hydrogen-bond donors (Lipinski definition) is 6. The lowest BCUT2D eigenvalue weighted by molar-refractivity contribution is -0.143. The van der Waals surface area contributed by atoms with E-state index in [0.717, 1.165) is 5.56 Å². The number of carboxylic acid groups (broad SMARTS) is 1. The van der Waals surface area contributed by atoms with Crippen LogP contribution < -0.4 is 21.7 Å². The minimum absolute atomic E-state index is 0.00487. The Morgan fingerprint density at radius 2 is 1.41 bits per heavy atom. The Hall–Kier alpha value is -2.59. The molecule has 6 atom stereocenters. The third kappa shape index (κ3) is 8.98. The number of carbonyl (C=O) groups excluding carboxylic acids is 3. The molecule has 6 unspecified atom stereocenters. The molecule has 0 saturated heterocycles. The Kier molecular flexibility index (Phi) is 12.7. The van der Waals surface area contributed by atoms with Gasteiger partial charge in [-0.25, -0.2) is 4.79 Å². The highest BCUT2D eigenvalue weighted by atomic mass is 32.1. The zero-order chi connectivity index (χ0) is 25.8. The minimum Gasteiger partial charge on any atom is -0.480 e.